The molecule has 1 aromatic carbocycles. The molecular weight excluding hydrogens is 413 g/mol. The summed E-state index contributed by atoms with van der Waals surface area (Å²) in [6.45, 7) is 5.11. The molecule has 9 heteroatoms. The highest BCUT2D eigenvalue weighted by Crippen LogP contribution is 2.24. The summed E-state index contributed by atoms with van der Waals surface area (Å²) in [5.41, 5.74) is 1.62. The lowest BCUT2D eigenvalue weighted by Crippen LogP contribution is -2.39. The second kappa shape index (κ2) is 8.73. The first-order valence-electron chi connectivity index (χ1n) is 9.83. The van der Waals surface area contributed by atoms with Crippen molar-refractivity contribution in [3.63, 3.8) is 0 Å². The van der Waals surface area contributed by atoms with E-state index in [1.165, 1.54) is 12.8 Å². The molecule has 0 aliphatic carbocycles. The van der Waals surface area contributed by atoms with Gasteiger partial charge in [0.05, 0.1) is 16.6 Å². The number of hydrogen-bond donors (Lipinski definition) is 1. The van der Waals surface area contributed by atoms with Crippen molar-refractivity contribution >= 4 is 35.0 Å². The van der Waals surface area contributed by atoms with Gasteiger partial charge in [0.2, 0.25) is 0 Å². The van der Waals surface area contributed by atoms with Crippen LogP contribution in [0.1, 0.15) is 39.4 Å². The first-order valence-corrected chi connectivity index (χ1v) is 10.6. The van der Waals surface area contributed by atoms with Crippen molar-refractivity contribution < 1.29 is 9.59 Å². The van der Waals surface area contributed by atoms with E-state index in [1.807, 2.05) is 6.07 Å². The molecule has 154 valence electrons. The highest BCUT2D eigenvalue weighted by atomic mass is 35.5. The molecule has 29 heavy (non-hydrogen) atoms. The van der Waals surface area contributed by atoms with Crippen molar-refractivity contribution in [3.8, 4) is 0 Å². The predicted octanol–water partition coefficient (Wildman–Crippen LogP) is 2.67. The third kappa shape index (κ3) is 4.57. The van der Waals surface area contributed by atoms with Gasteiger partial charge in [-0.15, -0.1) is 0 Å². The van der Waals surface area contributed by atoms with Gasteiger partial charge in [-0.3, -0.25) is 14.3 Å². The number of hydrogen-bond acceptors (Lipinski definition) is 4. The molecule has 0 spiro atoms. The lowest BCUT2D eigenvalue weighted by Gasteiger charge is -2.27. The minimum atomic E-state index is -0.241. The quantitative estimate of drug-likeness (QED) is 0.756. The molecule has 0 atom stereocenters. The largest absolute Gasteiger partial charge is 0.349 e. The maximum absolute atomic E-state index is 12.9. The minimum absolute atomic E-state index is 0.147. The van der Waals surface area contributed by atoms with Crippen LogP contribution in [0.15, 0.2) is 24.3 Å². The second-order valence-electron chi connectivity index (χ2n) is 7.42. The molecule has 4 rings (SSSR count). The third-order valence-electron chi connectivity index (χ3n) is 5.37. The number of amides is 2. The molecule has 1 saturated heterocycles. The zero-order chi connectivity index (χ0) is 20.4. The van der Waals surface area contributed by atoms with Crippen LogP contribution in [-0.2, 0) is 13.1 Å². The van der Waals surface area contributed by atoms with Gasteiger partial charge in [-0.25, -0.2) is 0 Å². The molecule has 0 bridgehead atoms. The van der Waals surface area contributed by atoms with Crippen LogP contribution in [0.3, 0.4) is 0 Å². The number of halogens is 2. The number of rotatable bonds is 6. The maximum Gasteiger partial charge on any atom is 0.272 e. The van der Waals surface area contributed by atoms with Crippen molar-refractivity contribution in [1.29, 1.82) is 0 Å². The Balaban J connectivity index is 1.38. The Hall–Kier alpha value is -2.09. The van der Waals surface area contributed by atoms with Gasteiger partial charge in [-0.1, -0.05) is 29.3 Å². The number of carbonyl (C=O) groups is 2. The van der Waals surface area contributed by atoms with E-state index in [-0.39, 0.29) is 17.5 Å². The van der Waals surface area contributed by atoms with Crippen LogP contribution in [0.5, 0.6) is 0 Å². The fourth-order valence-electron chi connectivity index (χ4n) is 3.78. The predicted molar refractivity (Wildman–Crippen MR) is 111 cm³/mol. The van der Waals surface area contributed by atoms with Crippen molar-refractivity contribution in [2.45, 2.75) is 25.9 Å². The van der Waals surface area contributed by atoms with Crippen LogP contribution in [-0.4, -0.2) is 64.1 Å². The van der Waals surface area contributed by atoms with E-state index in [0.717, 1.165) is 25.2 Å². The van der Waals surface area contributed by atoms with Gasteiger partial charge in [0, 0.05) is 32.2 Å². The molecule has 0 radical (unpaired) electrons. The lowest BCUT2D eigenvalue weighted by molar-refractivity contribution is 0.0683. The van der Waals surface area contributed by atoms with Crippen LogP contribution in [0.2, 0.25) is 10.0 Å². The van der Waals surface area contributed by atoms with Crippen molar-refractivity contribution in [2.24, 2.45) is 0 Å². The van der Waals surface area contributed by atoms with Gasteiger partial charge in [-0.2, -0.15) is 5.10 Å². The van der Waals surface area contributed by atoms with Gasteiger partial charge < -0.3 is 15.1 Å². The molecule has 2 aliphatic rings. The second-order valence-corrected chi connectivity index (χ2v) is 8.23. The fourth-order valence-corrected chi connectivity index (χ4v) is 4.10. The summed E-state index contributed by atoms with van der Waals surface area (Å²) < 4.78 is 1.61. The normalized spacial score (nSPS) is 16.9. The van der Waals surface area contributed by atoms with E-state index in [0.29, 0.717) is 41.9 Å². The van der Waals surface area contributed by atoms with E-state index >= 15 is 0 Å². The molecule has 0 saturated carbocycles. The van der Waals surface area contributed by atoms with E-state index in [1.54, 1.807) is 27.8 Å². The van der Waals surface area contributed by atoms with E-state index in [4.69, 9.17) is 23.2 Å². The van der Waals surface area contributed by atoms with E-state index in [9.17, 15) is 9.59 Å². The number of likely N-dealkylation sites (tertiary alicyclic amines) is 1. The summed E-state index contributed by atoms with van der Waals surface area (Å²) in [6.07, 6.45) is 2.45. The Morgan fingerprint density at radius 1 is 1.07 bits per heavy atom. The Bertz CT molecular complexity index is 924. The summed E-state index contributed by atoms with van der Waals surface area (Å²) in [5, 5.41) is 8.18. The molecule has 2 aliphatic heterocycles. The van der Waals surface area contributed by atoms with Crippen LogP contribution in [0.25, 0.3) is 0 Å². The molecule has 1 aromatic heterocycles. The number of carbonyl (C=O) groups excluding carboxylic acids is 2. The highest BCUT2D eigenvalue weighted by molar-refractivity contribution is 6.42. The number of benzene rings is 1. The number of nitrogens with one attached hydrogen (secondary N) is 1. The van der Waals surface area contributed by atoms with Crippen molar-refractivity contribution in [2.75, 3.05) is 32.7 Å². The van der Waals surface area contributed by atoms with Crippen LogP contribution in [0.4, 0.5) is 0 Å². The van der Waals surface area contributed by atoms with Gasteiger partial charge >= 0.3 is 0 Å². The Morgan fingerprint density at radius 2 is 1.86 bits per heavy atom. The SMILES string of the molecule is O=C(NCCN1CCCC1)c1cc2n(n1)CCN(Cc1ccc(Cl)c(Cl)c1)C2=O. The summed E-state index contributed by atoms with van der Waals surface area (Å²) in [4.78, 5) is 29.4. The summed E-state index contributed by atoms with van der Waals surface area (Å²) in [6, 6.07) is 6.92. The zero-order valence-electron chi connectivity index (χ0n) is 16.0. The minimum Gasteiger partial charge on any atom is -0.349 e. The van der Waals surface area contributed by atoms with E-state index in [2.05, 4.69) is 15.3 Å². The Labute approximate surface area is 179 Å². The molecule has 2 amide bonds. The van der Waals surface area contributed by atoms with Gasteiger partial charge in [-0.05, 0) is 43.6 Å². The first-order chi connectivity index (χ1) is 14.0. The molecule has 1 N–H and O–H groups in total. The van der Waals surface area contributed by atoms with E-state index < -0.39 is 0 Å². The van der Waals surface area contributed by atoms with Crippen LogP contribution >= 0.6 is 23.2 Å². The lowest BCUT2D eigenvalue weighted by atomic mass is 10.2. The highest BCUT2D eigenvalue weighted by Gasteiger charge is 2.28. The smallest absolute Gasteiger partial charge is 0.272 e. The topological polar surface area (TPSA) is 70.5 Å². The Kier molecular flexibility index (Phi) is 6.08. The van der Waals surface area contributed by atoms with Crippen molar-refractivity contribution in [3.05, 3.63) is 51.3 Å². The standard InChI is InChI=1S/C20H23Cl2N5O2/c21-15-4-3-14(11-16(15)22)13-26-9-10-27-18(20(26)29)12-17(24-27)19(28)23-5-8-25-6-1-2-7-25/h3-4,11-12H,1-2,5-10,13H2,(H,23,28). The van der Waals surface area contributed by atoms with Crippen LogP contribution < -0.4 is 5.32 Å². The average Bonchev–Trinajstić information content (AvgIpc) is 3.37. The maximum atomic E-state index is 12.9. The molecule has 3 heterocycles. The molecule has 0 unspecified atom stereocenters. The molecule has 7 nitrogen and oxygen atoms in total. The number of fused-ring (bicyclic) bond motifs is 1. The first kappa shape index (κ1) is 20.2. The molecular formula is C20H23Cl2N5O2. The average molecular weight is 436 g/mol. The van der Waals surface area contributed by atoms with Gasteiger partial charge in [0.15, 0.2) is 5.69 Å². The summed E-state index contributed by atoms with van der Waals surface area (Å²) >= 11 is 12.0. The number of aromatic nitrogens is 2. The van der Waals surface area contributed by atoms with Gasteiger partial charge in [0.25, 0.3) is 11.8 Å². The molecule has 2 aromatic rings. The molecule has 1 fully saturated rings. The monoisotopic (exact) mass is 435 g/mol. The van der Waals surface area contributed by atoms with Gasteiger partial charge in [0.1, 0.15) is 5.69 Å². The van der Waals surface area contributed by atoms with Crippen molar-refractivity contribution in [1.82, 2.24) is 24.9 Å². The third-order valence-corrected chi connectivity index (χ3v) is 6.11. The van der Waals surface area contributed by atoms with Crippen LogP contribution in [0, 0.1) is 0 Å². The fraction of sp³-hybridized carbons (Fsp3) is 0.450. The Morgan fingerprint density at radius 3 is 2.62 bits per heavy atom. The summed E-state index contributed by atoms with van der Waals surface area (Å²) in [7, 11) is 0. The zero-order valence-corrected chi connectivity index (χ0v) is 17.5. The summed E-state index contributed by atoms with van der Waals surface area (Å²) in [5.74, 6) is -0.388. The number of nitrogens with zero attached hydrogens (tertiary/aromatic N) is 4.